The first-order chi connectivity index (χ1) is 7.36. The summed E-state index contributed by atoms with van der Waals surface area (Å²) in [5.41, 5.74) is 2.22. The van der Waals surface area contributed by atoms with Gasteiger partial charge in [0.05, 0.1) is 6.07 Å². The lowest BCUT2D eigenvalue weighted by molar-refractivity contribution is 1.31. The molecule has 15 heavy (non-hydrogen) atoms. The molecule has 0 amide bonds. The lowest BCUT2D eigenvalue weighted by Gasteiger charge is -1.97. The predicted octanol–water partition coefficient (Wildman–Crippen LogP) is 3.73. The Morgan fingerprint density at radius 1 is 1.33 bits per heavy atom. The summed E-state index contributed by atoms with van der Waals surface area (Å²) in [4.78, 5) is 0. The van der Waals surface area contributed by atoms with Crippen LogP contribution in [0.15, 0.2) is 60.7 Å². The molecule has 0 aliphatic rings. The first-order valence-electron chi connectivity index (χ1n) is 4.79. The lowest BCUT2D eigenvalue weighted by atomic mass is 10.1. The zero-order valence-corrected chi connectivity index (χ0v) is 8.56. The molecule has 0 radical (unpaired) electrons. The van der Waals surface area contributed by atoms with Gasteiger partial charge in [0.2, 0.25) is 0 Å². The Hall–Kier alpha value is -2.07. The van der Waals surface area contributed by atoms with E-state index in [-0.39, 0.29) is 0 Å². The molecule has 74 valence electrons. The number of hydrogen-bond donors (Lipinski definition) is 0. The van der Waals surface area contributed by atoms with Crippen molar-refractivity contribution in [2.24, 2.45) is 0 Å². The summed E-state index contributed by atoms with van der Waals surface area (Å²) in [6, 6.07) is 12.0. The van der Waals surface area contributed by atoms with Gasteiger partial charge in [0.1, 0.15) is 0 Å². The van der Waals surface area contributed by atoms with Crippen LogP contribution in [0.2, 0.25) is 0 Å². The van der Waals surface area contributed by atoms with Crippen LogP contribution in [0, 0.1) is 11.3 Å². The third-order valence-corrected chi connectivity index (χ3v) is 1.90. The van der Waals surface area contributed by atoms with Gasteiger partial charge in [-0.1, -0.05) is 42.5 Å². The van der Waals surface area contributed by atoms with E-state index < -0.39 is 0 Å². The van der Waals surface area contributed by atoms with E-state index in [1.165, 1.54) is 6.08 Å². The topological polar surface area (TPSA) is 23.8 Å². The fraction of sp³-hybridized carbons (Fsp3) is 0.0714. The van der Waals surface area contributed by atoms with Crippen molar-refractivity contribution in [1.29, 1.82) is 5.26 Å². The second-order valence-corrected chi connectivity index (χ2v) is 3.09. The second-order valence-electron chi connectivity index (χ2n) is 3.09. The molecule has 0 aliphatic heterocycles. The Morgan fingerprint density at radius 2 is 2.07 bits per heavy atom. The van der Waals surface area contributed by atoms with E-state index in [1.54, 1.807) is 0 Å². The van der Waals surface area contributed by atoms with Gasteiger partial charge in [-0.2, -0.15) is 5.26 Å². The van der Waals surface area contributed by atoms with Crippen molar-refractivity contribution in [1.82, 2.24) is 0 Å². The van der Waals surface area contributed by atoms with Crippen LogP contribution in [-0.2, 0) is 0 Å². The summed E-state index contributed by atoms with van der Waals surface area (Å²) in [6.45, 7) is 3.69. The fourth-order valence-corrected chi connectivity index (χ4v) is 1.25. The third kappa shape index (κ3) is 4.10. The van der Waals surface area contributed by atoms with Crippen molar-refractivity contribution in [3.63, 3.8) is 0 Å². The molecule has 0 aromatic heterocycles. The molecule has 0 heterocycles. The van der Waals surface area contributed by atoms with Crippen LogP contribution in [0.5, 0.6) is 0 Å². The van der Waals surface area contributed by atoms with Crippen LogP contribution in [0.3, 0.4) is 0 Å². The van der Waals surface area contributed by atoms with E-state index >= 15 is 0 Å². The number of benzene rings is 1. The average Bonchev–Trinajstić information content (AvgIpc) is 2.28. The number of rotatable bonds is 4. The Balaban J connectivity index is 2.89. The van der Waals surface area contributed by atoms with Gasteiger partial charge in [-0.05, 0) is 23.6 Å². The summed E-state index contributed by atoms with van der Waals surface area (Å²) in [7, 11) is 0. The fourth-order valence-electron chi connectivity index (χ4n) is 1.25. The molecule has 1 nitrogen and oxygen atoms in total. The van der Waals surface area contributed by atoms with Crippen LogP contribution in [0.1, 0.15) is 12.0 Å². The molecule has 0 fully saturated rings. The number of hydrogen-bond acceptors (Lipinski definition) is 1. The first kappa shape index (κ1) is 11.0. The molecule has 1 heteroatoms. The molecular weight excluding hydrogens is 182 g/mol. The normalized spacial score (nSPS) is 11.3. The molecule has 0 saturated heterocycles. The molecule has 0 N–H and O–H groups in total. The minimum absolute atomic E-state index is 0.771. The second kappa shape index (κ2) is 6.39. The van der Waals surface area contributed by atoms with Crippen LogP contribution in [0.4, 0.5) is 0 Å². The highest BCUT2D eigenvalue weighted by atomic mass is 14.2. The lowest BCUT2D eigenvalue weighted by Crippen LogP contribution is -1.77. The quantitative estimate of drug-likeness (QED) is 0.408. The highest BCUT2D eigenvalue weighted by Crippen LogP contribution is 2.11. The van der Waals surface area contributed by atoms with Gasteiger partial charge >= 0.3 is 0 Å². The van der Waals surface area contributed by atoms with Crippen molar-refractivity contribution < 1.29 is 0 Å². The molecule has 0 unspecified atom stereocenters. The van der Waals surface area contributed by atoms with Crippen LogP contribution >= 0.6 is 0 Å². The molecule has 1 rings (SSSR count). The van der Waals surface area contributed by atoms with Crippen molar-refractivity contribution in [3.05, 3.63) is 66.3 Å². The summed E-state index contributed by atoms with van der Waals surface area (Å²) >= 11 is 0. The minimum Gasteiger partial charge on any atom is -0.193 e. The van der Waals surface area contributed by atoms with Gasteiger partial charge < -0.3 is 0 Å². The summed E-state index contributed by atoms with van der Waals surface area (Å²) in [5.74, 6) is 0. The molecule has 1 aromatic carbocycles. The van der Waals surface area contributed by atoms with Gasteiger partial charge in [0.25, 0.3) is 0 Å². The molecular formula is C14H13N. The van der Waals surface area contributed by atoms with E-state index in [2.05, 4.69) is 12.7 Å². The highest BCUT2D eigenvalue weighted by Gasteiger charge is 1.90. The Morgan fingerprint density at radius 3 is 2.67 bits per heavy atom. The van der Waals surface area contributed by atoms with Crippen molar-refractivity contribution in [3.8, 4) is 6.07 Å². The van der Waals surface area contributed by atoms with Crippen molar-refractivity contribution >= 4 is 6.08 Å². The summed E-state index contributed by atoms with van der Waals surface area (Å²) < 4.78 is 0. The Bertz CT molecular complexity index is 405. The van der Waals surface area contributed by atoms with E-state index in [0.29, 0.717) is 0 Å². The van der Waals surface area contributed by atoms with Crippen molar-refractivity contribution in [2.75, 3.05) is 0 Å². The summed E-state index contributed by atoms with van der Waals surface area (Å²) in [5, 5.41) is 8.46. The standard InChI is InChI=1S/C14H13N/c1-2-7-13(10-6-11-15)12-14-8-4-3-5-9-14/h2-6,8-10,12H,1,7H2. The van der Waals surface area contributed by atoms with Gasteiger partial charge in [-0.15, -0.1) is 6.58 Å². The molecule has 0 aliphatic carbocycles. The highest BCUT2D eigenvalue weighted by molar-refractivity contribution is 5.56. The smallest absolute Gasteiger partial charge is 0.0912 e. The van der Waals surface area contributed by atoms with Gasteiger partial charge in [-0.3, -0.25) is 0 Å². The zero-order valence-electron chi connectivity index (χ0n) is 8.56. The molecule has 0 spiro atoms. The maximum Gasteiger partial charge on any atom is 0.0912 e. The maximum atomic E-state index is 8.46. The van der Waals surface area contributed by atoms with Gasteiger partial charge in [0.15, 0.2) is 0 Å². The van der Waals surface area contributed by atoms with Crippen LogP contribution in [0.25, 0.3) is 6.08 Å². The first-order valence-corrected chi connectivity index (χ1v) is 4.79. The van der Waals surface area contributed by atoms with E-state index in [4.69, 9.17) is 5.26 Å². The number of allylic oxidation sites excluding steroid dienone is 4. The maximum absolute atomic E-state index is 8.46. The Labute approximate surface area is 90.7 Å². The van der Waals surface area contributed by atoms with E-state index in [0.717, 1.165) is 17.6 Å². The molecule has 0 saturated carbocycles. The zero-order chi connectivity index (χ0) is 10.9. The summed E-state index contributed by atoms with van der Waals surface area (Å²) in [6.07, 6.45) is 7.95. The van der Waals surface area contributed by atoms with Crippen LogP contribution in [-0.4, -0.2) is 0 Å². The minimum atomic E-state index is 0.771. The average molecular weight is 195 g/mol. The Kier molecular flexibility index (Phi) is 4.69. The third-order valence-electron chi connectivity index (χ3n) is 1.90. The molecule has 0 atom stereocenters. The SMILES string of the molecule is C=CCC(C=CC#N)=Cc1ccccc1. The molecule has 0 bridgehead atoms. The molecule has 1 aromatic rings. The van der Waals surface area contributed by atoms with Gasteiger partial charge in [0, 0.05) is 6.08 Å². The monoisotopic (exact) mass is 195 g/mol. The van der Waals surface area contributed by atoms with Crippen molar-refractivity contribution in [2.45, 2.75) is 6.42 Å². The van der Waals surface area contributed by atoms with Gasteiger partial charge in [-0.25, -0.2) is 0 Å². The van der Waals surface area contributed by atoms with E-state index in [1.807, 2.05) is 48.6 Å². The number of nitriles is 1. The largest absolute Gasteiger partial charge is 0.193 e. The van der Waals surface area contributed by atoms with Crippen LogP contribution < -0.4 is 0 Å². The predicted molar refractivity (Wildman–Crippen MR) is 64.0 cm³/mol. The van der Waals surface area contributed by atoms with E-state index in [9.17, 15) is 0 Å². The number of nitrogens with zero attached hydrogens (tertiary/aromatic N) is 1.